The first-order valence-corrected chi connectivity index (χ1v) is 6.41. The van der Waals surface area contributed by atoms with Crippen LogP contribution in [0.2, 0.25) is 0 Å². The van der Waals surface area contributed by atoms with Gasteiger partial charge in [-0.1, -0.05) is 48.0 Å². The molecule has 2 aromatic carbocycles. The molecule has 2 aromatic rings. The van der Waals surface area contributed by atoms with Crippen LogP contribution in [0, 0.1) is 20.8 Å². The van der Waals surface area contributed by atoms with E-state index in [1.165, 1.54) is 27.8 Å². The lowest BCUT2D eigenvalue weighted by Gasteiger charge is -2.19. The summed E-state index contributed by atoms with van der Waals surface area (Å²) in [4.78, 5) is 0. The molecule has 92 valence electrons. The molecule has 0 amide bonds. The lowest BCUT2D eigenvalue weighted by Crippen LogP contribution is -2.14. The second kappa shape index (κ2) is 3.96. The Kier molecular flexibility index (Phi) is 2.53. The molecule has 3 rings (SSSR count). The fourth-order valence-corrected chi connectivity index (χ4v) is 3.05. The van der Waals surface area contributed by atoms with Crippen molar-refractivity contribution in [3.05, 3.63) is 70.3 Å². The van der Waals surface area contributed by atoms with E-state index in [0.29, 0.717) is 0 Å². The van der Waals surface area contributed by atoms with E-state index in [0.717, 1.165) is 6.61 Å². The number of hydrogen-bond acceptors (Lipinski definition) is 1. The third-order valence-corrected chi connectivity index (χ3v) is 3.75. The highest BCUT2D eigenvalue weighted by atomic mass is 16.6. The normalized spacial score (nSPS) is 21.9. The van der Waals surface area contributed by atoms with Crippen molar-refractivity contribution in [1.82, 2.24) is 0 Å². The maximum atomic E-state index is 5.87. The van der Waals surface area contributed by atoms with E-state index in [9.17, 15) is 0 Å². The van der Waals surface area contributed by atoms with Gasteiger partial charge in [-0.3, -0.25) is 0 Å². The molecular formula is C17H18O. The Morgan fingerprint density at radius 3 is 2.00 bits per heavy atom. The lowest BCUT2D eigenvalue weighted by atomic mass is 9.85. The Hall–Kier alpha value is -1.60. The van der Waals surface area contributed by atoms with E-state index in [4.69, 9.17) is 4.74 Å². The quantitative estimate of drug-likeness (QED) is 0.723. The molecule has 0 spiro atoms. The zero-order valence-corrected chi connectivity index (χ0v) is 11.2. The SMILES string of the molecule is Cc1cc(C)c(C2(c3ccccc3)CO2)c(C)c1. The molecule has 18 heavy (non-hydrogen) atoms. The van der Waals surface area contributed by atoms with Crippen molar-refractivity contribution in [3.8, 4) is 0 Å². The van der Waals surface area contributed by atoms with E-state index < -0.39 is 0 Å². The number of ether oxygens (including phenoxy) is 1. The van der Waals surface area contributed by atoms with Gasteiger partial charge < -0.3 is 4.74 Å². The average molecular weight is 238 g/mol. The Labute approximate surface area is 108 Å². The predicted octanol–water partition coefficient (Wildman–Crippen LogP) is 3.89. The van der Waals surface area contributed by atoms with Crippen molar-refractivity contribution in [3.63, 3.8) is 0 Å². The van der Waals surface area contributed by atoms with Gasteiger partial charge in [-0.05, 0) is 43.0 Å². The van der Waals surface area contributed by atoms with Crippen molar-refractivity contribution in [2.75, 3.05) is 6.61 Å². The third-order valence-electron chi connectivity index (χ3n) is 3.75. The number of epoxide rings is 1. The highest BCUT2D eigenvalue weighted by Crippen LogP contribution is 2.47. The topological polar surface area (TPSA) is 12.5 Å². The van der Waals surface area contributed by atoms with Crippen molar-refractivity contribution in [1.29, 1.82) is 0 Å². The molecule has 1 nitrogen and oxygen atoms in total. The minimum atomic E-state index is -0.191. The molecule has 1 heterocycles. The van der Waals surface area contributed by atoms with E-state index in [1.54, 1.807) is 0 Å². The van der Waals surface area contributed by atoms with Gasteiger partial charge in [-0.25, -0.2) is 0 Å². The summed E-state index contributed by atoms with van der Waals surface area (Å²) in [5.74, 6) is 0. The summed E-state index contributed by atoms with van der Waals surface area (Å²) in [6.45, 7) is 7.30. The molecular weight excluding hydrogens is 220 g/mol. The van der Waals surface area contributed by atoms with Crippen LogP contribution >= 0.6 is 0 Å². The van der Waals surface area contributed by atoms with Crippen LogP contribution in [0.25, 0.3) is 0 Å². The van der Waals surface area contributed by atoms with Gasteiger partial charge in [0.1, 0.15) is 5.60 Å². The molecule has 1 fully saturated rings. The van der Waals surface area contributed by atoms with Gasteiger partial charge in [0.25, 0.3) is 0 Å². The Balaban J connectivity index is 2.17. The van der Waals surface area contributed by atoms with Crippen LogP contribution in [0.15, 0.2) is 42.5 Å². The molecule has 1 aliphatic rings. The smallest absolute Gasteiger partial charge is 0.142 e. The van der Waals surface area contributed by atoms with E-state index in [2.05, 4.69) is 63.2 Å². The summed E-state index contributed by atoms with van der Waals surface area (Å²) in [6, 6.07) is 15.0. The van der Waals surface area contributed by atoms with Crippen molar-refractivity contribution in [2.45, 2.75) is 26.4 Å². The summed E-state index contributed by atoms with van der Waals surface area (Å²) < 4.78 is 5.87. The standard InChI is InChI=1S/C17H18O/c1-12-9-13(2)16(14(3)10-12)17(11-18-17)15-7-5-4-6-8-15/h4-10H,11H2,1-3H3. The van der Waals surface area contributed by atoms with E-state index in [-0.39, 0.29) is 5.60 Å². The van der Waals surface area contributed by atoms with Crippen LogP contribution in [0.5, 0.6) is 0 Å². The molecule has 0 N–H and O–H groups in total. The summed E-state index contributed by atoms with van der Waals surface area (Å²) in [7, 11) is 0. The van der Waals surface area contributed by atoms with Crippen LogP contribution < -0.4 is 0 Å². The fraction of sp³-hybridized carbons (Fsp3) is 0.294. The zero-order valence-electron chi connectivity index (χ0n) is 11.2. The van der Waals surface area contributed by atoms with Gasteiger partial charge in [-0.2, -0.15) is 0 Å². The molecule has 0 aliphatic carbocycles. The van der Waals surface area contributed by atoms with Crippen LogP contribution in [0.3, 0.4) is 0 Å². The first-order chi connectivity index (χ1) is 8.63. The van der Waals surface area contributed by atoms with Gasteiger partial charge in [0.05, 0.1) is 6.61 Å². The maximum Gasteiger partial charge on any atom is 0.142 e. The van der Waals surface area contributed by atoms with Gasteiger partial charge in [0, 0.05) is 0 Å². The molecule has 0 bridgehead atoms. The number of hydrogen-bond donors (Lipinski definition) is 0. The highest BCUT2D eigenvalue weighted by Gasteiger charge is 2.49. The third kappa shape index (κ3) is 1.67. The van der Waals surface area contributed by atoms with Crippen LogP contribution in [-0.2, 0) is 10.3 Å². The Morgan fingerprint density at radius 2 is 1.50 bits per heavy atom. The molecule has 0 radical (unpaired) electrons. The van der Waals surface area contributed by atoms with Gasteiger partial charge >= 0.3 is 0 Å². The Bertz CT molecular complexity index is 557. The first kappa shape index (κ1) is 11.5. The predicted molar refractivity (Wildman–Crippen MR) is 73.8 cm³/mol. The van der Waals surface area contributed by atoms with Crippen LogP contribution in [0.1, 0.15) is 27.8 Å². The van der Waals surface area contributed by atoms with Gasteiger partial charge in [0.15, 0.2) is 0 Å². The van der Waals surface area contributed by atoms with Crippen molar-refractivity contribution in [2.24, 2.45) is 0 Å². The van der Waals surface area contributed by atoms with Crippen LogP contribution in [0.4, 0.5) is 0 Å². The number of aryl methyl sites for hydroxylation is 3. The maximum absolute atomic E-state index is 5.87. The summed E-state index contributed by atoms with van der Waals surface area (Å²) in [5.41, 5.74) is 6.39. The minimum Gasteiger partial charge on any atom is -0.359 e. The summed E-state index contributed by atoms with van der Waals surface area (Å²) >= 11 is 0. The first-order valence-electron chi connectivity index (χ1n) is 6.41. The molecule has 1 aliphatic heterocycles. The number of benzene rings is 2. The van der Waals surface area contributed by atoms with Crippen molar-refractivity contribution < 1.29 is 4.74 Å². The molecule has 0 aromatic heterocycles. The molecule has 1 unspecified atom stereocenters. The largest absolute Gasteiger partial charge is 0.359 e. The summed E-state index contributed by atoms with van der Waals surface area (Å²) in [6.07, 6.45) is 0. The minimum absolute atomic E-state index is 0.191. The second-order valence-electron chi connectivity index (χ2n) is 5.26. The monoisotopic (exact) mass is 238 g/mol. The lowest BCUT2D eigenvalue weighted by molar-refractivity contribution is 0.347. The highest BCUT2D eigenvalue weighted by molar-refractivity contribution is 5.49. The number of rotatable bonds is 2. The zero-order chi connectivity index (χ0) is 12.8. The molecule has 0 saturated carbocycles. The van der Waals surface area contributed by atoms with Gasteiger partial charge in [0.2, 0.25) is 0 Å². The van der Waals surface area contributed by atoms with E-state index >= 15 is 0 Å². The Morgan fingerprint density at radius 1 is 0.944 bits per heavy atom. The van der Waals surface area contributed by atoms with Gasteiger partial charge in [-0.15, -0.1) is 0 Å². The fourth-order valence-electron chi connectivity index (χ4n) is 3.05. The second-order valence-corrected chi connectivity index (χ2v) is 5.26. The molecule has 1 saturated heterocycles. The summed E-state index contributed by atoms with van der Waals surface area (Å²) in [5, 5.41) is 0. The van der Waals surface area contributed by atoms with Crippen LogP contribution in [-0.4, -0.2) is 6.61 Å². The van der Waals surface area contributed by atoms with Crippen molar-refractivity contribution >= 4 is 0 Å². The average Bonchev–Trinajstić information content (AvgIpc) is 3.10. The molecule has 1 heteroatoms. The van der Waals surface area contributed by atoms with E-state index in [1.807, 2.05) is 0 Å². The molecule has 1 atom stereocenters.